The summed E-state index contributed by atoms with van der Waals surface area (Å²) in [4.78, 5) is 30.4. The maximum Gasteiger partial charge on any atom is 0.469 e. The molecule has 30 heavy (non-hydrogen) atoms. The van der Waals surface area contributed by atoms with Crippen LogP contribution in [0.25, 0.3) is 11.2 Å². The van der Waals surface area contributed by atoms with E-state index in [9.17, 15) is 14.8 Å². The number of hydrogen-bond donors (Lipinski definition) is 5. The Balaban J connectivity index is 1.54. The van der Waals surface area contributed by atoms with E-state index in [0.717, 1.165) is 5.56 Å². The Labute approximate surface area is 170 Å². The van der Waals surface area contributed by atoms with E-state index in [0.29, 0.717) is 23.5 Å². The number of ether oxygens (including phenoxy) is 1. The zero-order valence-corrected chi connectivity index (χ0v) is 16.4. The lowest BCUT2D eigenvalue weighted by atomic mass is 10.1. The Kier molecular flexibility index (Phi) is 5.80. The van der Waals surface area contributed by atoms with Crippen molar-refractivity contribution in [2.24, 2.45) is 0 Å². The highest BCUT2D eigenvalue weighted by Gasteiger charge is 2.45. The van der Waals surface area contributed by atoms with Gasteiger partial charge in [-0.2, -0.15) is 0 Å². The zero-order chi connectivity index (χ0) is 21.3. The summed E-state index contributed by atoms with van der Waals surface area (Å²) in [6.45, 7) is -0.0760. The van der Waals surface area contributed by atoms with Crippen LogP contribution in [0.2, 0.25) is 0 Å². The Morgan fingerprint density at radius 1 is 1.13 bits per heavy atom. The van der Waals surface area contributed by atoms with Crippen molar-refractivity contribution in [2.75, 3.05) is 11.9 Å². The van der Waals surface area contributed by atoms with Crippen LogP contribution in [0.15, 0.2) is 43.0 Å². The molecule has 5 N–H and O–H groups in total. The summed E-state index contributed by atoms with van der Waals surface area (Å²) in [6, 6.07) is 9.71. The predicted octanol–water partition coefficient (Wildman–Crippen LogP) is 0.167. The van der Waals surface area contributed by atoms with Crippen LogP contribution in [-0.2, 0) is 20.4 Å². The van der Waals surface area contributed by atoms with E-state index in [-0.39, 0.29) is 0 Å². The first kappa shape index (κ1) is 20.8. The first-order valence-electron chi connectivity index (χ1n) is 9.00. The standard InChI is InChI=1S/C17H20N5O7P/c23-13-11(7-28-30(25,26)27)29-17(14(13)24)22-9-21-12-15(19-8-20-16(12)22)18-6-10-4-2-1-3-5-10/h1-5,8-9,11,13-14,17,23-24H,6-7H2,(H,18,19,20)(H2,25,26,27)/t11-,13?,14+,17-/m1/s1. The van der Waals surface area contributed by atoms with Gasteiger partial charge >= 0.3 is 7.82 Å². The molecule has 1 saturated heterocycles. The first-order chi connectivity index (χ1) is 14.3. The molecule has 1 fully saturated rings. The minimum absolute atomic E-state index is 0.355. The van der Waals surface area contributed by atoms with Gasteiger partial charge in [-0.05, 0) is 5.56 Å². The van der Waals surface area contributed by atoms with Crippen LogP contribution in [0.5, 0.6) is 0 Å². The lowest BCUT2D eigenvalue weighted by Crippen LogP contribution is -2.33. The summed E-state index contributed by atoms with van der Waals surface area (Å²) in [5, 5.41) is 23.7. The van der Waals surface area contributed by atoms with Crippen LogP contribution in [0.4, 0.5) is 5.82 Å². The quantitative estimate of drug-likeness (QED) is 0.319. The van der Waals surface area contributed by atoms with Gasteiger partial charge in [0, 0.05) is 6.54 Å². The van der Waals surface area contributed by atoms with Crippen molar-refractivity contribution in [1.82, 2.24) is 19.5 Å². The molecule has 1 aliphatic heterocycles. The zero-order valence-electron chi connectivity index (χ0n) is 15.5. The smallest absolute Gasteiger partial charge is 0.387 e. The number of benzene rings is 1. The molecule has 4 rings (SSSR count). The average molecular weight is 437 g/mol. The second kappa shape index (κ2) is 8.36. The van der Waals surface area contributed by atoms with E-state index < -0.39 is 39.0 Å². The summed E-state index contributed by atoms with van der Waals surface area (Å²) >= 11 is 0. The van der Waals surface area contributed by atoms with E-state index in [1.807, 2.05) is 30.3 Å². The number of hydrogen-bond acceptors (Lipinski definition) is 9. The molecule has 3 aromatic rings. The number of imidazole rings is 1. The molecule has 4 atom stereocenters. The van der Waals surface area contributed by atoms with Gasteiger partial charge in [0.2, 0.25) is 0 Å². The van der Waals surface area contributed by atoms with Gasteiger partial charge in [-0.15, -0.1) is 0 Å². The summed E-state index contributed by atoms with van der Waals surface area (Å²) in [7, 11) is -4.74. The van der Waals surface area contributed by atoms with Crippen molar-refractivity contribution in [2.45, 2.75) is 31.1 Å². The fourth-order valence-electron chi connectivity index (χ4n) is 3.22. The number of aromatic nitrogens is 4. The Hall–Kier alpha value is -2.44. The molecule has 3 heterocycles. The van der Waals surface area contributed by atoms with Gasteiger partial charge in [0.25, 0.3) is 0 Å². The molecular formula is C17H20N5O7P. The van der Waals surface area contributed by atoms with E-state index in [1.54, 1.807) is 0 Å². The van der Waals surface area contributed by atoms with Crippen molar-refractivity contribution >= 4 is 24.8 Å². The highest BCUT2D eigenvalue weighted by Crippen LogP contribution is 2.38. The lowest BCUT2D eigenvalue weighted by Gasteiger charge is -2.16. The number of phosphoric ester groups is 1. The molecule has 13 heteroatoms. The monoisotopic (exact) mass is 437 g/mol. The van der Waals surface area contributed by atoms with Crippen LogP contribution in [0.1, 0.15) is 11.8 Å². The minimum Gasteiger partial charge on any atom is -0.387 e. The van der Waals surface area contributed by atoms with E-state index in [1.165, 1.54) is 17.2 Å². The maximum absolute atomic E-state index is 10.9. The molecule has 1 aliphatic rings. The molecular weight excluding hydrogens is 417 g/mol. The minimum atomic E-state index is -4.74. The predicted molar refractivity (Wildman–Crippen MR) is 103 cm³/mol. The second-order valence-electron chi connectivity index (χ2n) is 6.72. The van der Waals surface area contributed by atoms with Crippen molar-refractivity contribution < 1.29 is 33.8 Å². The number of aliphatic hydroxyl groups excluding tert-OH is 2. The van der Waals surface area contributed by atoms with Crippen molar-refractivity contribution in [3.05, 3.63) is 48.5 Å². The molecule has 0 amide bonds. The van der Waals surface area contributed by atoms with Gasteiger partial charge in [-0.3, -0.25) is 9.09 Å². The summed E-state index contributed by atoms with van der Waals surface area (Å²) in [6.07, 6.45) is -2.31. The number of aliphatic hydroxyl groups is 2. The van der Waals surface area contributed by atoms with Crippen molar-refractivity contribution in [1.29, 1.82) is 0 Å². The topological polar surface area (TPSA) is 172 Å². The molecule has 0 bridgehead atoms. The number of nitrogens with one attached hydrogen (secondary N) is 1. The number of anilines is 1. The van der Waals surface area contributed by atoms with Gasteiger partial charge in [-0.1, -0.05) is 30.3 Å². The average Bonchev–Trinajstić information content (AvgIpc) is 3.27. The summed E-state index contributed by atoms with van der Waals surface area (Å²) in [5.74, 6) is 0.483. The van der Waals surface area contributed by atoms with E-state index >= 15 is 0 Å². The largest absolute Gasteiger partial charge is 0.469 e. The second-order valence-corrected chi connectivity index (χ2v) is 7.96. The van der Waals surface area contributed by atoms with Gasteiger partial charge in [0.15, 0.2) is 23.2 Å². The lowest BCUT2D eigenvalue weighted by molar-refractivity contribution is -0.0504. The molecule has 0 radical (unpaired) electrons. The molecule has 1 aromatic carbocycles. The van der Waals surface area contributed by atoms with Gasteiger partial charge < -0.3 is 30.1 Å². The first-order valence-corrected chi connectivity index (χ1v) is 10.5. The highest BCUT2D eigenvalue weighted by atomic mass is 31.2. The SMILES string of the molecule is O=P(O)(O)OC[C@H]1O[C@@H](n2cnc3c(NCc4ccccc4)ncnc32)[C@@H](O)C1O. The van der Waals surface area contributed by atoms with Gasteiger partial charge in [0.05, 0.1) is 12.9 Å². The number of rotatable bonds is 7. The van der Waals surface area contributed by atoms with Crippen LogP contribution in [0.3, 0.4) is 0 Å². The molecule has 12 nitrogen and oxygen atoms in total. The van der Waals surface area contributed by atoms with Crippen molar-refractivity contribution in [3.8, 4) is 0 Å². The van der Waals surface area contributed by atoms with Crippen LogP contribution in [-0.4, -0.2) is 64.4 Å². The number of nitrogens with zero attached hydrogens (tertiary/aromatic N) is 4. The Morgan fingerprint density at radius 2 is 1.90 bits per heavy atom. The molecule has 2 aromatic heterocycles. The van der Waals surface area contributed by atoms with Crippen LogP contribution < -0.4 is 5.32 Å². The number of fused-ring (bicyclic) bond motifs is 1. The third-order valence-electron chi connectivity index (χ3n) is 4.68. The van der Waals surface area contributed by atoms with Crippen LogP contribution >= 0.6 is 7.82 Å². The Morgan fingerprint density at radius 3 is 2.63 bits per heavy atom. The molecule has 0 saturated carbocycles. The third kappa shape index (κ3) is 4.35. The Bertz CT molecular complexity index is 1060. The highest BCUT2D eigenvalue weighted by molar-refractivity contribution is 7.46. The number of phosphoric acid groups is 1. The fraction of sp³-hybridized carbons (Fsp3) is 0.353. The van der Waals surface area contributed by atoms with Crippen LogP contribution in [0, 0.1) is 0 Å². The van der Waals surface area contributed by atoms with Gasteiger partial charge in [0.1, 0.15) is 24.6 Å². The maximum atomic E-state index is 10.9. The molecule has 0 spiro atoms. The third-order valence-corrected chi connectivity index (χ3v) is 5.17. The molecule has 0 aliphatic carbocycles. The normalized spacial score (nSPS) is 24.4. The molecule has 160 valence electrons. The van der Waals surface area contributed by atoms with Crippen molar-refractivity contribution in [3.63, 3.8) is 0 Å². The van der Waals surface area contributed by atoms with E-state index in [2.05, 4.69) is 24.8 Å². The van der Waals surface area contributed by atoms with E-state index in [4.69, 9.17) is 14.5 Å². The summed E-state index contributed by atoms with van der Waals surface area (Å²) in [5.41, 5.74) is 1.84. The van der Waals surface area contributed by atoms with Gasteiger partial charge in [-0.25, -0.2) is 19.5 Å². The fourth-order valence-corrected chi connectivity index (χ4v) is 3.56. The molecule has 1 unspecified atom stereocenters. The summed E-state index contributed by atoms with van der Waals surface area (Å²) < 4.78 is 22.3.